The SMILES string of the molecule is CCNCc1[nH]nc(-c2ccc(OCCc3ccccc3)cc2)c1C. The number of hydrogen-bond donors (Lipinski definition) is 2. The van der Waals surface area contributed by atoms with Crippen LogP contribution in [0.25, 0.3) is 11.3 Å². The summed E-state index contributed by atoms with van der Waals surface area (Å²) in [7, 11) is 0. The van der Waals surface area contributed by atoms with Crippen LogP contribution in [0.5, 0.6) is 5.75 Å². The molecule has 130 valence electrons. The van der Waals surface area contributed by atoms with Crippen LogP contribution in [0.3, 0.4) is 0 Å². The highest BCUT2D eigenvalue weighted by Crippen LogP contribution is 2.25. The number of hydrogen-bond acceptors (Lipinski definition) is 3. The highest BCUT2D eigenvalue weighted by molar-refractivity contribution is 5.64. The molecule has 4 nitrogen and oxygen atoms in total. The molecule has 0 saturated heterocycles. The molecule has 1 heterocycles. The van der Waals surface area contributed by atoms with Gasteiger partial charge in [0.05, 0.1) is 18.0 Å². The summed E-state index contributed by atoms with van der Waals surface area (Å²) in [6.07, 6.45) is 0.912. The van der Waals surface area contributed by atoms with Gasteiger partial charge in [-0.2, -0.15) is 5.10 Å². The topological polar surface area (TPSA) is 49.9 Å². The van der Waals surface area contributed by atoms with Crippen molar-refractivity contribution >= 4 is 0 Å². The van der Waals surface area contributed by atoms with Gasteiger partial charge in [-0.1, -0.05) is 37.3 Å². The zero-order valence-corrected chi connectivity index (χ0v) is 14.9. The summed E-state index contributed by atoms with van der Waals surface area (Å²) in [4.78, 5) is 0. The minimum absolute atomic E-state index is 0.678. The average molecular weight is 335 g/mol. The highest BCUT2D eigenvalue weighted by Gasteiger charge is 2.10. The summed E-state index contributed by atoms with van der Waals surface area (Å²) in [5.74, 6) is 0.890. The molecule has 0 fully saturated rings. The number of nitrogens with one attached hydrogen (secondary N) is 2. The smallest absolute Gasteiger partial charge is 0.119 e. The van der Waals surface area contributed by atoms with Gasteiger partial charge < -0.3 is 10.1 Å². The number of H-pyrrole nitrogens is 1. The van der Waals surface area contributed by atoms with E-state index in [9.17, 15) is 0 Å². The Morgan fingerprint density at radius 3 is 2.52 bits per heavy atom. The van der Waals surface area contributed by atoms with Crippen molar-refractivity contribution in [1.29, 1.82) is 0 Å². The Kier molecular flexibility index (Phi) is 5.86. The number of aromatic nitrogens is 2. The highest BCUT2D eigenvalue weighted by atomic mass is 16.5. The van der Waals surface area contributed by atoms with Crippen molar-refractivity contribution < 1.29 is 4.74 Å². The quantitative estimate of drug-likeness (QED) is 0.651. The van der Waals surface area contributed by atoms with E-state index in [4.69, 9.17) is 4.74 Å². The van der Waals surface area contributed by atoms with Gasteiger partial charge in [-0.3, -0.25) is 5.10 Å². The third kappa shape index (κ3) is 4.48. The van der Waals surface area contributed by atoms with Gasteiger partial charge in [-0.05, 0) is 48.9 Å². The van der Waals surface area contributed by atoms with Crippen molar-refractivity contribution in [1.82, 2.24) is 15.5 Å². The second-order valence-electron chi connectivity index (χ2n) is 6.06. The predicted molar refractivity (Wildman–Crippen MR) is 102 cm³/mol. The Hall–Kier alpha value is -2.59. The molecule has 0 aliphatic rings. The Morgan fingerprint density at radius 2 is 1.80 bits per heavy atom. The molecular weight excluding hydrogens is 310 g/mol. The van der Waals surface area contributed by atoms with Crippen molar-refractivity contribution in [2.75, 3.05) is 13.2 Å². The Labute approximate surface area is 149 Å². The molecule has 0 unspecified atom stereocenters. The molecule has 3 aromatic rings. The second-order valence-corrected chi connectivity index (χ2v) is 6.06. The molecule has 0 aliphatic heterocycles. The second kappa shape index (κ2) is 8.49. The fourth-order valence-electron chi connectivity index (χ4n) is 2.78. The standard InChI is InChI=1S/C21H25N3O/c1-3-22-15-20-16(2)21(24-23-20)18-9-11-19(12-10-18)25-14-13-17-7-5-4-6-8-17/h4-12,22H,3,13-15H2,1-2H3,(H,23,24). The minimum atomic E-state index is 0.678. The Morgan fingerprint density at radius 1 is 1.04 bits per heavy atom. The van der Waals surface area contributed by atoms with Gasteiger partial charge in [0.2, 0.25) is 0 Å². The van der Waals surface area contributed by atoms with Crippen LogP contribution in [0.15, 0.2) is 54.6 Å². The molecular formula is C21H25N3O. The van der Waals surface area contributed by atoms with Crippen LogP contribution in [0.2, 0.25) is 0 Å². The molecule has 2 N–H and O–H groups in total. The first kappa shape index (κ1) is 17.2. The first-order valence-electron chi connectivity index (χ1n) is 8.79. The number of nitrogens with zero attached hydrogens (tertiary/aromatic N) is 1. The molecule has 1 aromatic heterocycles. The maximum absolute atomic E-state index is 5.85. The monoisotopic (exact) mass is 335 g/mol. The summed E-state index contributed by atoms with van der Waals surface area (Å²) in [6.45, 7) is 6.65. The van der Waals surface area contributed by atoms with E-state index in [1.54, 1.807) is 0 Å². The van der Waals surface area contributed by atoms with Gasteiger partial charge in [0.25, 0.3) is 0 Å². The van der Waals surface area contributed by atoms with Gasteiger partial charge >= 0.3 is 0 Å². The molecule has 0 saturated carbocycles. The molecule has 4 heteroatoms. The van der Waals surface area contributed by atoms with Crippen LogP contribution in [0.1, 0.15) is 23.7 Å². The third-order valence-corrected chi connectivity index (χ3v) is 4.29. The molecule has 25 heavy (non-hydrogen) atoms. The van der Waals surface area contributed by atoms with Gasteiger partial charge in [-0.25, -0.2) is 0 Å². The first-order chi connectivity index (χ1) is 12.3. The predicted octanol–water partition coefficient (Wildman–Crippen LogP) is 4.12. The summed E-state index contributed by atoms with van der Waals surface area (Å²) in [5, 5.41) is 10.9. The van der Waals surface area contributed by atoms with Crippen molar-refractivity contribution in [3.8, 4) is 17.0 Å². The molecule has 2 aromatic carbocycles. The molecule has 0 bridgehead atoms. The largest absolute Gasteiger partial charge is 0.493 e. The van der Waals surface area contributed by atoms with Crippen molar-refractivity contribution in [3.63, 3.8) is 0 Å². The number of ether oxygens (including phenoxy) is 1. The van der Waals surface area contributed by atoms with Crippen LogP contribution >= 0.6 is 0 Å². The van der Waals surface area contributed by atoms with E-state index in [2.05, 4.69) is 65.8 Å². The maximum atomic E-state index is 5.85. The summed E-state index contributed by atoms with van der Waals surface area (Å²) in [6, 6.07) is 18.5. The normalized spacial score (nSPS) is 10.8. The molecule has 0 radical (unpaired) electrons. The Bertz CT molecular complexity index is 779. The lowest BCUT2D eigenvalue weighted by Gasteiger charge is -2.07. The molecule has 0 spiro atoms. The van der Waals surface area contributed by atoms with Crippen LogP contribution < -0.4 is 10.1 Å². The van der Waals surface area contributed by atoms with Gasteiger partial charge in [0, 0.05) is 18.5 Å². The molecule has 3 rings (SSSR count). The van der Waals surface area contributed by atoms with Gasteiger partial charge in [0.15, 0.2) is 0 Å². The minimum Gasteiger partial charge on any atom is -0.493 e. The number of rotatable bonds is 8. The number of aromatic amines is 1. The van der Waals surface area contributed by atoms with Crippen molar-refractivity contribution in [2.45, 2.75) is 26.8 Å². The molecule has 0 atom stereocenters. The van der Waals surface area contributed by atoms with Crippen molar-refractivity contribution in [3.05, 3.63) is 71.4 Å². The lowest BCUT2D eigenvalue weighted by molar-refractivity contribution is 0.322. The van der Waals surface area contributed by atoms with E-state index in [1.165, 1.54) is 11.1 Å². The Balaban J connectivity index is 1.59. The van der Waals surface area contributed by atoms with Crippen LogP contribution in [0.4, 0.5) is 0 Å². The fourth-order valence-corrected chi connectivity index (χ4v) is 2.78. The third-order valence-electron chi connectivity index (χ3n) is 4.29. The number of benzene rings is 2. The molecule has 0 aliphatic carbocycles. The van der Waals surface area contributed by atoms with Gasteiger partial charge in [-0.15, -0.1) is 0 Å². The van der Waals surface area contributed by atoms with E-state index < -0.39 is 0 Å². The lowest BCUT2D eigenvalue weighted by Crippen LogP contribution is -2.12. The molecule has 0 amide bonds. The maximum Gasteiger partial charge on any atom is 0.119 e. The van der Waals surface area contributed by atoms with E-state index in [0.717, 1.165) is 42.2 Å². The van der Waals surface area contributed by atoms with Gasteiger partial charge in [0.1, 0.15) is 5.75 Å². The summed E-state index contributed by atoms with van der Waals surface area (Å²) >= 11 is 0. The van der Waals surface area contributed by atoms with Crippen LogP contribution in [0, 0.1) is 6.92 Å². The summed E-state index contributed by atoms with van der Waals surface area (Å²) in [5.41, 5.74) is 5.73. The first-order valence-corrected chi connectivity index (χ1v) is 8.79. The summed E-state index contributed by atoms with van der Waals surface area (Å²) < 4.78 is 5.85. The van der Waals surface area contributed by atoms with E-state index in [1.807, 2.05) is 18.2 Å². The average Bonchev–Trinajstić information content (AvgIpc) is 3.02. The van der Waals surface area contributed by atoms with E-state index >= 15 is 0 Å². The fraction of sp³-hybridized carbons (Fsp3) is 0.286. The zero-order chi connectivity index (χ0) is 17.5. The van der Waals surface area contributed by atoms with E-state index in [-0.39, 0.29) is 0 Å². The van der Waals surface area contributed by atoms with Crippen molar-refractivity contribution in [2.24, 2.45) is 0 Å². The zero-order valence-electron chi connectivity index (χ0n) is 14.9. The van der Waals surface area contributed by atoms with E-state index in [0.29, 0.717) is 6.61 Å². The lowest BCUT2D eigenvalue weighted by atomic mass is 10.1. The van der Waals surface area contributed by atoms with Crippen LogP contribution in [-0.2, 0) is 13.0 Å². The van der Waals surface area contributed by atoms with Crippen LogP contribution in [-0.4, -0.2) is 23.3 Å².